The lowest BCUT2D eigenvalue weighted by molar-refractivity contribution is -0.145. The highest BCUT2D eigenvalue weighted by atomic mass is 127. The second-order valence-corrected chi connectivity index (χ2v) is 24.9. The van der Waals surface area contributed by atoms with Crippen molar-refractivity contribution in [1.29, 1.82) is 0 Å². The van der Waals surface area contributed by atoms with Crippen molar-refractivity contribution in [1.82, 2.24) is 50.7 Å². The van der Waals surface area contributed by atoms with E-state index in [0.29, 0.717) is 94.9 Å². The van der Waals surface area contributed by atoms with Crippen LogP contribution in [0.2, 0.25) is 0 Å². The van der Waals surface area contributed by atoms with Gasteiger partial charge in [-0.3, -0.25) is 57.5 Å². The maximum atomic E-state index is 12.6. The third kappa shape index (κ3) is 21.8. The highest BCUT2D eigenvalue weighted by Crippen LogP contribution is 2.28. The number of amides is 10. The predicted octanol–water partition coefficient (Wildman–Crippen LogP) is -2.39. The van der Waals surface area contributed by atoms with Crippen molar-refractivity contribution < 1.29 is 68.4 Å². The Morgan fingerprint density at radius 2 is 0.650 bits per heavy atom. The molecule has 6 saturated heterocycles. The first-order valence-corrected chi connectivity index (χ1v) is 33.1. The van der Waals surface area contributed by atoms with Gasteiger partial charge in [0, 0.05) is 181 Å². The highest BCUT2D eigenvalue weighted by Gasteiger charge is 2.39. The summed E-state index contributed by atoms with van der Waals surface area (Å²) in [5, 5.41) is 11.1. The third-order valence-corrected chi connectivity index (χ3v) is 18.8. The number of nitrogens with zero attached hydrogens (tertiary/aromatic N) is 6. The average molecular weight is 1320 g/mol. The van der Waals surface area contributed by atoms with Gasteiger partial charge in [-0.2, -0.15) is 0 Å². The van der Waals surface area contributed by atoms with E-state index in [4.69, 9.17) is 22.3 Å². The number of hydrogen-bond donors (Lipinski definition) is 6. The third-order valence-electron chi connectivity index (χ3n) is 14.0. The molecule has 6 aliphatic rings. The lowest BCUT2D eigenvalue weighted by Gasteiger charge is -2.19. The molecule has 0 spiro atoms. The zero-order valence-corrected chi connectivity index (χ0v) is 51.0. The van der Waals surface area contributed by atoms with Gasteiger partial charge >= 0.3 is 11.9 Å². The maximum absolute atomic E-state index is 12.6. The number of carbonyl (C=O) groups excluding carboxylic acids is 12. The van der Waals surface area contributed by atoms with Crippen molar-refractivity contribution in [2.45, 2.75) is 38.5 Å². The topological polar surface area (TPSA) is 343 Å². The number of esters is 2. The van der Waals surface area contributed by atoms with Gasteiger partial charge in [0.05, 0.1) is 49.7 Å². The standard InChI is InChI=1S/C30H44N6O10S2.C18H32N6O4S2.CH3I/c1-45-29(43)21-13-25(39)33(17-21)5-3-31-27(41)19-11-23(37)35(15-19)7-9-47-48-10-8-36-16-20(12-24(36)38)28(42)32-4-6-34-18-22(14-26(34)40)30(44)46-2;19-1-3-21-17(27)13-9-15(25)23(11-13)5-7-29-30-8-6-24-12-14(10-16(24)26)18(28)22-4-2-20;1-2/h19-22H,3-18H2,1-2H3,(H,31,41)(H,32,42);13-14H,1-12,19-20H2,(H,21,27)(H,22,28);1H3/i;;1D. The minimum atomic E-state index is -0.485. The number of nitrogens with one attached hydrogen (secondary N) is 4. The van der Waals surface area contributed by atoms with Gasteiger partial charge in [0.25, 0.3) is 0 Å². The molecule has 8 N–H and O–H groups in total. The first-order chi connectivity index (χ1) is 38.9. The smallest absolute Gasteiger partial charge is 0.310 e. The second-order valence-electron chi connectivity index (χ2n) is 19.5. The molecule has 0 aromatic heterocycles. The molecule has 10 amide bonds. The zero-order valence-electron chi connectivity index (χ0n) is 46.5. The molecule has 80 heavy (non-hydrogen) atoms. The van der Waals surface area contributed by atoms with Crippen molar-refractivity contribution in [2.75, 3.05) is 160 Å². The van der Waals surface area contributed by atoms with Crippen LogP contribution in [0.3, 0.4) is 0 Å². The number of methoxy groups -OCH3 is 2. The Morgan fingerprint density at radius 3 is 0.887 bits per heavy atom. The molecule has 450 valence electrons. The lowest BCUT2D eigenvalue weighted by Crippen LogP contribution is -2.39. The molecule has 0 aromatic carbocycles. The van der Waals surface area contributed by atoms with Gasteiger partial charge in [-0.05, 0) is 4.91 Å². The Bertz CT molecular complexity index is 2060. The van der Waals surface area contributed by atoms with Gasteiger partial charge in [-0.25, -0.2) is 0 Å². The van der Waals surface area contributed by atoms with Crippen LogP contribution in [-0.4, -0.2) is 260 Å². The summed E-state index contributed by atoms with van der Waals surface area (Å²) >= 11 is 1.96. The molecule has 0 bridgehead atoms. The van der Waals surface area contributed by atoms with Crippen molar-refractivity contribution in [3.8, 4) is 0 Å². The van der Waals surface area contributed by atoms with Crippen LogP contribution in [0, 0.1) is 35.5 Å². The second kappa shape index (κ2) is 36.3. The van der Waals surface area contributed by atoms with Crippen LogP contribution in [0.15, 0.2) is 0 Å². The molecule has 6 atom stereocenters. The van der Waals surface area contributed by atoms with Crippen LogP contribution < -0.4 is 32.7 Å². The van der Waals surface area contributed by atoms with Gasteiger partial charge < -0.3 is 71.6 Å². The van der Waals surface area contributed by atoms with Gasteiger partial charge in [0.2, 0.25) is 59.1 Å². The summed E-state index contributed by atoms with van der Waals surface area (Å²) in [7, 11) is 9.01. The number of likely N-dealkylation sites (tertiary alicyclic amines) is 6. The van der Waals surface area contributed by atoms with E-state index < -0.39 is 35.6 Å². The summed E-state index contributed by atoms with van der Waals surface area (Å²) in [6.07, 6.45) is 0.986. The molecule has 0 aromatic rings. The van der Waals surface area contributed by atoms with Crippen molar-refractivity contribution in [2.24, 2.45) is 47.0 Å². The van der Waals surface area contributed by atoms with Crippen LogP contribution in [0.5, 0.6) is 0 Å². The summed E-state index contributed by atoms with van der Waals surface area (Å²) in [4.78, 5) is 156. The summed E-state index contributed by atoms with van der Waals surface area (Å²) < 4.78 is 15.6. The summed E-state index contributed by atoms with van der Waals surface area (Å²) in [5.74, 6) is -1.63. The molecule has 6 unspecified atom stereocenters. The molecule has 6 heterocycles. The van der Waals surface area contributed by atoms with E-state index in [9.17, 15) is 57.5 Å². The van der Waals surface area contributed by atoms with E-state index >= 15 is 0 Å². The fourth-order valence-electron chi connectivity index (χ4n) is 9.70. The molecule has 26 nitrogen and oxygen atoms in total. The van der Waals surface area contributed by atoms with E-state index in [0.717, 1.165) is 11.5 Å². The van der Waals surface area contributed by atoms with E-state index in [1.54, 1.807) is 62.8 Å². The Morgan fingerprint density at radius 1 is 0.438 bits per heavy atom. The molecule has 0 aliphatic carbocycles. The zero-order chi connectivity index (χ0) is 59.4. The van der Waals surface area contributed by atoms with Crippen LogP contribution in [0.25, 0.3) is 0 Å². The van der Waals surface area contributed by atoms with E-state index in [1.165, 1.54) is 24.0 Å². The van der Waals surface area contributed by atoms with E-state index in [1.807, 2.05) is 22.6 Å². The van der Waals surface area contributed by atoms with Crippen molar-refractivity contribution >= 4 is 137 Å². The SMILES string of the molecule is COC(=O)C1CC(=O)N(CCNC(=O)C2CC(=O)N(CCSSCCN3CC(C(=O)NCCN4CC(C(=O)OC)CC4=O)CC3=O)C2)C1.NCCNC(=O)C1CC(=O)N(CCSSCCN2CC(C(=O)NCCN)CC2=O)C1.[2H]CI. The van der Waals surface area contributed by atoms with Crippen LogP contribution >= 0.6 is 65.8 Å². The molecule has 6 fully saturated rings. The van der Waals surface area contributed by atoms with E-state index in [2.05, 4.69) is 21.3 Å². The Labute approximate surface area is 498 Å². The Hall–Kier alpha value is -4.31. The summed E-state index contributed by atoms with van der Waals surface area (Å²) in [6.45, 7) is 6.97. The minimum Gasteiger partial charge on any atom is -0.469 e. The molecular weight excluding hydrogens is 1240 g/mol. The van der Waals surface area contributed by atoms with Gasteiger partial charge in [-0.15, -0.1) is 0 Å². The minimum absolute atomic E-state index is 0.00937. The molecule has 6 aliphatic heterocycles. The fraction of sp³-hybridized carbons (Fsp3) is 0.755. The fourth-order valence-corrected chi connectivity index (χ4v) is 13.7. The number of halogens is 1. The van der Waals surface area contributed by atoms with Gasteiger partial charge in [0.1, 0.15) is 0 Å². The van der Waals surface area contributed by atoms with Crippen LogP contribution in [0.4, 0.5) is 0 Å². The number of ether oxygens (including phenoxy) is 2. The number of hydrogen-bond acceptors (Lipinski definition) is 20. The normalized spacial score (nSPS) is 22.7. The van der Waals surface area contributed by atoms with Crippen LogP contribution in [-0.2, 0) is 67.0 Å². The molecule has 31 heteroatoms. The quantitative estimate of drug-likeness (QED) is 0.0144. The van der Waals surface area contributed by atoms with Crippen LogP contribution in [0.1, 0.15) is 39.9 Å². The summed E-state index contributed by atoms with van der Waals surface area (Å²) in [5.41, 5.74) is 10.8. The first-order valence-electron chi connectivity index (χ1n) is 27.3. The Balaban J connectivity index is 0.000000366. The molecular formula is C49H79IN12O14S4. The van der Waals surface area contributed by atoms with Crippen molar-refractivity contribution in [3.63, 3.8) is 0 Å². The van der Waals surface area contributed by atoms with Gasteiger partial charge in [-0.1, -0.05) is 65.8 Å². The number of nitrogens with two attached hydrogens (primary N) is 2. The highest BCUT2D eigenvalue weighted by molar-refractivity contribution is 14.1. The number of rotatable bonds is 30. The van der Waals surface area contributed by atoms with E-state index in [-0.39, 0.29) is 149 Å². The molecule has 0 radical (unpaired) electrons. The average Bonchev–Trinajstić information content (AvgIpc) is 4.36. The number of alkyl halides is 1. The maximum Gasteiger partial charge on any atom is 0.310 e. The summed E-state index contributed by atoms with van der Waals surface area (Å²) in [6, 6.07) is 0. The molecule has 0 saturated carbocycles. The number of carbonyl (C=O) groups is 12. The predicted molar refractivity (Wildman–Crippen MR) is 312 cm³/mol. The first kappa shape index (κ1) is 66.5. The molecule has 6 rings (SSSR count). The largest absolute Gasteiger partial charge is 0.469 e. The van der Waals surface area contributed by atoms with Crippen molar-refractivity contribution in [3.05, 3.63) is 0 Å². The lowest BCUT2D eigenvalue weighted by atomic mass is 10.1. The van der Waals surface area contributed by atoms with Gasteiger partial charge in [0.15, 0.2) is 0 Å². The monoisotopic (exact) mass is 1320 g/mol. The Kier molecular flexibility index (Phi) is 30.2.